The molecule has 1 amide bonds. The van der Waals surface area contributed by atoms with Crippen molar-refractivity contribution in [3.8, 4) is 0 Å². The first-order chi connectivity index (χ1) is 10.2. The number of amides is 1. The standard InChI is InChI=1S/C16H24N2O2S/c1-3-7-18(11-15-5-4-9-21-15)16(20)13(2)17-8-6-14(10-17)12-19/h3-5,9,13-14,19H,1,6-8,10-12H2,2H3. The molecule has 2 heterocycles. The van der Waals surface area contributed by atoms with Crippen LogP contribution in [0.25, 0.3) is 0 Å². The minimum absolute atomic E-state index is 0.138. The monoisotopic (exact) mass is 308 g/mol. The number of aliphatic hydroxyl groups is 1. The van der Waals surface area contributed by atoms with Crippen LogP contribution < -0.4 is 0 Å². The highest BCUT2D eigenvalue weighted by Gasteiger charge is 2.31. The smallest absolute Gasteiger partial charge is 0.240 e. The molecule has 0 saturated carbocycles. The molecule has 0 bridgehead atoms. The van der Waals surface area contributed by atoms with E-state index in [-0.39, 0.29) is 18.6 Å². The predicted molar refractivity (Wildman–Crippen MR) is 86.2 cm³/mol. The van der Waals surface area contributed by atoms with E-state index in [1.54, 1.807) is 17.4 Å². The average Bonchev–Trinajstić information content (AvgIpc) is 3.16. The van der Waals surface area contributed by atoms with E-state index >= 15 is 0 Å². The van der Waals surface area contributed by atoms with E-state index in [2.05, 4.69) is 17.5 Å². The lowest BCUT2D eigenvalue weighted by Gasteiger charge is -2.29. The van der Waals surface area contributed by atoms with E-state index in [9.17, 15) is 9.90 Å². The predicted octanol–water partition coefficient (Wildman–Crippen LogP) is 1.97. The number of thiophene rings is 1. The van der Waals surface area contributed by atoms with Crippen LogP contribution >= 0.6 is 11.3 Å². The molecule has 1 aromatic heterocycles. The van der Waals surface area contributed by atoms with Crippen molar-refractivity contribution in [2.45, 2.75) is 25.9 Å². The van der Waals surface area contributed by atoms with Crippen molar-refractivity contribution in [1.29, 1.82) is 0 Å². The number of rotatable bonds is 7. The molecule has 1 saturated heterocycles. The Labute approximate surface area is 130 Å². The molecule has 5 heteroatoms. The molecule has 0 spiro atoms. The van der Waals surface area contributed by atoms with Crippen LogP contribution in [0.3, 0.4) is 0 Å². The van der Waals surface area contributed by atoms with Crippen LogP contribution in [0.2, 0.25) is 0 Å². The van der Waals surface area contributed by atoms with E-state index in [0.717, 1.165) is 19.5 Å². The maximum Gasteiger partial charge on any atom is 0.240 e. The van der Waals surface area contributed by atoms with Crippen molar-refractivity contribution < 1.29 is 9.90 Å². The van der Waals surface area contributed by atoms with Gasteiger partial charge in [0.1, 0.15) is 0 Å². The summed E-state index contributed by atoms with van der Waals surface area (Å²) >= 11 is 1.67. The Hall–Kier alpha value is -1.17. The second-order valence-electron chi connectivity index (χ2n) is 5.59. The van der Waals surface area contributed by atoms with E-state index in [1.807, 2.05) is 23.3 Å². The molecule has 2 unspecified atom stereocenters. The SMILES string of the molecule is C=CCN(Cc1cccs1)C(=O)C(C)N1CCC(CO)C1. The van der Waals surface area contributed by atoms with Gasteiger partial charge in [-0.3, -0.25) is 9.69 Å². The number of hydrogen-bond acceptors (Lipinski definition) is 4. The Morgan fingerprint density at radius 2 is 2.52 bits per heavy atom. The fraction of sp³-hybridized carbons (Fsp3) is 0.562. The van der Waals surface area contributed by atoms with Crippen LogP contribution in [-0.2, 0) is 11.3 Å². The van der Waals surface area contributed by atoms with E-state index in [1.165, 1.54) is 4.88 Å². The molecule has 2 atom stereocenters. The first-order valence-corrected chi connectivity index (χ1v) is 8.30. The number of hydrogen-bond donors (Lipinski definition) is 1. The Morgan fingerprint density at radius 3 is 3.10 bits per heavy atom. The van der Waals surface area contributed by atoms with Gasteiger partial charge in [0.15, 0.2) is 0 Å². The van der Waals surface area contributed by atoms with Crippen molar-refractivity contribution >= 4 is 17.2 Å². The Bertz CT molecular complexity index is 461. The van der Waals surface area contributed by atoms with Gasteiger partial charge in [-0.25, -0.2) is 0 Å². The molecule has 116 valence electrons. The van der Waals surface area contributed by atoms with E-state index in [4.69, 9.17) is 0 Å². The van der Waals surface area contributed by atoms with Crippen molar-refractivity contribution in [2.24, 2.45) is 5.92 Å². The van der Waals surface area contributed by atoms with Crippen LogP contribution in [0.15, 0.2) is 30.2 Å². The van der Waals surface area contributed by atoms with Crippen molar-refractivity contribution in [2.75, 3.05) is 26.2 Å². The number of carbonyl (C=O) groups is 1. The Kier molecular flexibility index (Phi) is 5.96. The van der Waals surface area contributed by atoms with Crippen LogP contribution in [0, 0.1) is 5.92 Å². The van der Waals surface area contributed by atoms with Crippen LogP contribution in [-0.4, -0.2) is 53.1 Å². The summed E-state index contributed by atoms with van der Waals surface area (Å²) in [5, 5.41) is 11.3. The highest BCUT2D eigenvalue weighted by molar-refractivity contribution is 7.09. The van der Waals surface area contributed by atoms with E-state index < -0.39 is 0 Å². The van der Waals surface area contributed by atoms with Gasteiger partial charge in [-0.15, -0.1) is 17.9 Å². The Morgan fingerprint density at radius 1 is 1.71 bits per heavy atom. The zero-order valence-corrected chi connectivity index (χ0v) is 13.4. The maximum absolute atomic E-state index is 12.7. The van der Waals surface area contributed by atoms with Gasteiger partial charge in [0.25, 0.3) is 0 Å². The summed E-state index contributed by atoms with van der Waals surface area (Å²) in [6.07, 6.45) is 2.75. The number of carbonyl (C=O) groups excluding carboxylic acids is 1. The second kappa shape index (κ2) is 7.73. The fourth-order valence-corrected chi connectivity index (χ4v) is 3.48. The summed E-state index contributed by atoms with van der Waals surface area (Å²) in [7, 11) is 0. The minimum atomic E-state index is -0.138. The highest BCUT2D eigenvalue weighted by atomic mass is 32.1. The van der Waals surface area contributed by atoms with Gasteiger partial charge in [-0.2, -0.15) is 0 Å². The van der Waals surface area contributed by atoms with Crippen LogP contribution in [0.1, 0.15) is 18.2 Å². The summed E-state index contributed by atoms with van der Waals surface area (Å²) in [5.41, 5.74) is 0. The van der Waals surface area contributed by atoms with Crippen molar-refractivity contribution in [3.63, 3.8) is 0 Å². The lowest BCUT2D eigenvalue weighted by Crippen LogP contribution is -2.46. The number of nitrogens with zero attached hydrogens (tertiary/aromatic N) is 2. The van der Waals surface area contributed by atoms with Crippen LogP contribution in [0.5, 0.6) is 0 Å². The molecule has 1 aromatic rings. The summed E-state index contributed by atoms with van der Waals surface area (Å²) in [6.45, 7) is 8.84. The normalized spacial score (nSPS) is 20.4. The zero-order valence-electron chi connectivity index (χ0n) is 12.6. The molecule has 4 nitrogen and oxygen atoms in total. The van der Waals surface area contributed by atoms with Crippen molar-refractivity contribution in [3.05, 3.63) is 35.0 Å². The van der Waals surface area contributed by atoms with Gasteiger partial charge >= 0.3 is 0 Å². The minimum Gasteiger partial charge on any atom is -0.396 e. The third kappa shape index (κ3) is 4.15. The second-order valence-corrected chi connectivity index (χ2v) is 6.63. The van der Waals surface area contributed by atoms with Gasteiger partial charge < -0.3 is 10.0 Å². The summed E-state index contributed by atoms with van der Waals surface area (Å²) < 4.78 is 0. The molecule has 21 heavy (non-hydrogen) atoms. The summed E-state index contributed by atoms with van der Waals surface area (Å²) in [4.78, 5) is 17.9. The molecule has 1 aliphatic heterocycles. The van der Waals surface area contributed by atoms with Crippen LogP contribution in [0.4, 0.5) is 0 Å². The quantitative estimate of drug-likeness (QED) is 0.783. The number of aliphatic hydroxyl groups excluding tert-OH is 1. The van der Waals surface area contributed by atoms with Gasteiger partial charge in [0, 0.05) is 24.6 Å². The zero-order chi connectivity index (χ0) is 15.2. The molecule has 0 aromatic carbocycles. The average molecular weight is 308 g/mol. The highest BCUT2D eigenvalue weighted by Crippen LogP contribution is 2.20. The third-order valence-electron chi connectivity index (χ3n) is 4.07. The molecule has 1 N–H and O–H groups in total. The molecule has 0 aliphatic carbocycles. The maximum atomic E-state index is 12.7. The largest absolute Gasteiger partial charge is 0.396 e. The van der Waals surface area contributed by atoms with Gasteiger partial charge in [-0.1, -0.05) is 12.1 Å². The molecular weight excluding hydrogens is 284 g/mol. The first-order valence-electron chi connectivity index (χ1n) is 7.42. The number of likely N-dealkylation sites (tertiary alicyclic amines) is 1. The summed E-state index contributed by atoms with van der Waals surface area (Å²) in [5.74, 6) is 0.451. The lowest BCUT2D eigenvalue weighted by atomic mass is 10.1. The van der Waals surface area contributed by atoms with Crippen molar-refractivity contribution in [1.82, 2.24) is 9.80 Å². The molecule has 1 aliphatic rings. The fourth-order valence-electron chi connectivity index (χ4n) is 2.76. The van der Waals surface area contributed by atoms with E-state index in [0.29, 0.717) is 19.0 Å². The lowest BCUT2D eigenvalue weighted by molar-refractivity contribution is -0.136. The molecular formula is C16H24N2O2S. The topological polar surface area (TPSA) is 43.8 Å². The van der Waals surface area contributed by atoms with Gasteiger partial charge in [0.05, 0.1) is 12.6 Å². The first kappa shape index (κ1) is 16.2. The third-order valence-corrected chi connectivity index (χ3v) is 4.93. The molecule has 1 fully saturated rings. The summed E-state index contributed by atoms with van der Waals surface area (Å²) in [6, 6.07) is 3.92. The van der Waals surface area contributed by atoms with Gasteiger partial charge in [0.2, 0.25) is 5.91 Å². The Balaban J connectivity index is 1.98. The molecule has 2 rings (SSSR count). The van der Waals surface area contributed by atoms with Gasteiger partial charge in [-0.05, 0) is 37.3 Å². The molecule has 0 radical (unpaired) electrons.